The number of carboxylic acid groups (broad SMARTS) is 1. The van der Waals surface area contributed by atoms with E-state index in [0.29, 0.717) is 32.2 Å². The molecule has 0 aliphatic carbocycles. The first kappa shape index (κ1) is 15.7. The van der Waals surface area contributed by atoms with E-state index in [1.807, 2.05) is 20.8 Å². The number of anilines is 1. The van der Waals surface area contributed by atoms with Gasteiger partial charge in [0.05, 0.1) is 31.5 Å². The fraction of sp³-hybridized carbons (Fsp3) is 0.600. The minimum Gasteiger partial charge on any atom is -0.478 e. The van der Waals surface area contributed by atoms with Crippen molar-refractivity contribution in [2.75, 3.05) is 31.7 Å². The third-order valence-electron chi connectivity index (χ3n) is 3.24. The Bertz CT molecular complexity index is 505. The number of rotatable bonds is 4. The Morgan fingerprint density at radius 2 is 2.19 bits per heavy atom. The Hall–Kier alpha value is -1.66. The van der Waals surface area contributed by atoms with Crippen LogP contribution in [0.2, 0.25) is 0 Å². The summed E-state index contributed by atoms with van der Waals surface area (Å²) >= 11 is 0. The van der Waals surface area contributed by atoms with E-state index in [0.717, 1.165) is 5.69 Å². The molecule has 1 atom stereocenters. The quantitative estimate of drug-likeness (QED) is 0.883. The molecule has 0 saturated carbocycles. The SMILES string of the molecule is CC(C)(C)c1cc(C(=O)O)cc(NCC2COCCO2)n1. The van der Waals surface area contributed by atoms with Crippen LogP contribution < -0.4 is 5.32 Å². The molecule has 1 aliphatic heterocycles. The summed E-state index contributed by atoms with van der Waals surface area (Å²) in [6.45, 7) is 8.30. The number of carbonyl (C=O) groups is 1. The Morgan fingerprint density at radius 1 is 1.43 bits per heavy atom. The Balaban J connectivity index is 2.13. The van der Waals surface area contributed by atoms with Crippen LogP contribution in [0.4, 0.5) is 5.82 Å². The van der Waals surface area contributed by atoms with Gasteiger partial charge < -0.3 is 19.9 Å². The second kappa shape index (κ2) is 6.41. The van der Waals surface area contributed by atoms with E-state index in [4.69, 9.17) is 9.47 Å². The lowest BCUT2D eigenvalue weighted by Crippen LogP contribution is -2.34. The molecule has 6 nitrogen and oxygen atoms in total. The van der Waals surface area contributed by atoms with E-state index < -0.39 is 5.97 Å². The molecule has 2 heterocycles. The number of hydrogen-bond donors (Lipinski definition) is 2. The van der Waals surface area contributed by atoms with Crippen molar-refractivity contribution in [2.45, 2.75) is 32.3 Å². The fourth-order valence-electron chi connectivity index (χ4n) is 2.00. The largest absolute Gasteiger partial charge is 0.478 e. The van der Waals surface area contributed by atoms with Crippen LogP contribution in [0.3, 0.4) is 0 Å². The molecular formula is C15H22N2O4. The predicted octanol–water partition coefficient (Wildman–Crippen LogP) is 1.90. The first-order chi connectivity index (χ1) is 9.86. The van der Waals surface area contributed by atoms with Gasteiger partial charge in [-0.15, -0.1) is 0 Å². The molecule has 116 valence electrons. The molecule has 1 fully saturated rings. The Morgan fingerprint density at radius 3 is 2.76 bits per heavy atom. The molecule has 1 aromatic heterocycles. The standard InChI is InChI=1S/C15H22N2O4/c1-15(2,3)12-6-10(14(18)19)7-13(17-12)16-8-11-9-20-4-5-21-11/h6-7,11H,4-5,8-9H2,1-3H3,(H,16,17)(H,18,19). The number of aromatic nitrogens is 1. The van der Waals surface area contributed by atoms with Gasteiger partial charge in [-0.2, -0.15) is 0 Å². The molecule has 1 aliphatic rings. The predicted molar refractivity (Wildman–Crippen MR) is 78.9 cm³/mol. The molecule has 21 heavy (non-hydrogen) atoms. The van der Waals surface area contributed by atoms with Crippen molar-refractivity contribution in [3.8, 4) is 0 Å². The molecule has 1 unspecified atom stereocenters. The summed E-state index contributed by atoms with van der Waals surface area (Å²) in [4.78, 5) is 15.7. The highest BCUT2D eigenvalue weighted by Gasteiger charge is 2.20. The van der Waals surface area contributed by atoms with Crippen LogP contribution in [-0.4, -0.2) is 48.5 Å². The second-order valence-electron chi connectivity index (χ2n) is 6.13. The van der Waals surface area contributed by atoms with Crippen molar-refractivity contribution in [1.29, 1.82) is 0 Å². The molecule has 0 radical (unpaired) electrons. The van der Waals surface area contributed by atoms with E-state index in [9.17, 15) is 9.90 Å². The first-order valence-electron chi connectivity index (χ1n) is 7.05. The van der Waals surface area contributed by atoms with Crippen molar-refractivity contribution < 1.29 is 19.4 Å². The van der Waals surface area contributed by atoms with E-state index >= 15 is 0 Å². The van der Waals surface area contributed by atoms with Crippen LogP contribution in [0, 0.1) is 0 Å². The number of hydrogen-bond acceptors (Lipinski definition) is 5. The van der Waals surface area contributed by atoms with Crippen LogP contribution >= 0.6 is 0 Å². The molecule has 2 rings (SSSR count). The van der Waals surface area contributed by atoms with Gasteiger partial charge in [0, 0.05) is 17.7 Å². The van der Waals surface area contributed by atoms with Gasteiger partial charge in [0.1, 0.15) is 5.82 Å². The van der Waals surface area contributed by atoms with Crippen LogP contribution in [0.1, 0.15) is 36.8 Å². The fourth-order valence-corrected chi connectivity index (χ4v) is 2.00. The summed E-state index contributed by atoms with van der Waals surface area (Å²) < 4.78 is 10.9. The van der Waals surface area contributed by atoms with Crippen molar-refractivity contribution in [1.82, 2.24) is 4.98 Å². The average molecular weight is 294 g/mol. The van der Waals surface area contributed by atoms with E-state index in [-0.39, 0.29) is 17.1 Å². The summed E-state index contributed by atoms with van der Waals surface area (Å²) in [6.07, 6.45) is -0.0351. The molecule has 0 bridgehead atoms. The summed E-state index contributed by atoms with van der Waals surface area (Å²) in [7, 11) is 0. The maximum absolute atomic E-state index is 11.2. The van der Waals surface area contributed by atoms with Gasteiger partial charge in [-0.1, -0.05) is 20.8 Å². The highest BCUT2D eigenvalue weighted by atomic mass is 16.6. The van der Waals surface area contributed by atoms with Crippen molar-refractivity contribution in [3.05, 3.63) is 23.4 Å². The highest BCUT2D eigenvalue weighted by Crippen LogP contribution is 2.23. The third kappa shape index (κ3) is 4.41. The molecule has 0 amide bonds. The topological polar surface area (TPSA) is 80.7 Å². The Kier molecular flexibility index (Phi) is 4.80. The lowest BCUT2D eigenvalue weighted by Gasteiger charge is -2.24. The summed E-state index contributed by atoms with van der Waals surface area (Å²) in [5.41, 5.74) is 0.760. The minimum absolute atomic E-state index is 0.0351. The number of aromatic carboxylic acids is 1. The summed E-state index contributed by atoms with van der Waals surface area (Å²) in [5.74, 6) is -0.405. The van der Waals surface area contributed by atoms with Crippen LogP contribution in [0.15, 0.2) is 12.1 Å². The zero-order chi connectivity index (χ0) is 15.5. The zero-order valence-electron chi connectivity index (χ0n) is 12.7. The molecule has 0 spiro atoms. The summed E-state index contributed by atoms with van der Waals surface area (Å²) in [6, 6.07) is 3.16. The molecule has 1 aromatic rings. The van der Waals surface area contributed by atoms with Gasteiger partial charge in [-0.25, -0.2) is 9.78 Å². The smallest absolute Gasteiger partial charge is 0.335 e. The second-order valence-corrected chi connectivity index (χ2v) is 6.13. The van der Waals surface area contributed by atoms with Gasteiger partial charge in [-0.05, 0) is 12.1 Å². The number of carboxylic acids is 1. The highest BCUT2D eigenvalue weighted by molar-refractivity contribution is 5.88. The first-order valence-corrected chi connectivity index (χ1v) is 7.05. The number of pyridine rings is 1. The monoisotopic (exact) mass is 294 g/mol. The van der Waals surface area contributed by atoms with Crippen molar-refractivity contribution in [3.63, 3.8) is 0 Å². The van der Waals surface area contributed by atoms with Crippen molar-refractivity contribution >= 4 is 11.8 Å². The van der Waals surface area contributed by atoms with Gasteiger partial charge >= 0.3 is 5.97 Å². The van der Waals surface area contributed by atoms with Gasteiger partial charge in [-0.3, -0.25) is 0 Å². The average Bonchev–Trinajstić information content (AvgIpc) is 2.45. The molecule has 2 N–H and O–H groups in total. The molecule has 1 saturated heterocycles. The Labute approximate surface area is 124 Å². The molecule has 6 heteroatoms. The van der Waals surface area contributed by atoms with E-state index in [1.165, 1.54) is 0 Å². The van der Waals surface area contributed by atoms with Gasteiger partial charge in [0.15, 0.2) is 0 Å². The number of ether oxygens (including phenoxy) is 2. The third-order valence-corrected chi connectivity index (χ3v) is 3.24. The zero-order valence-corrected chi connectivity index (χ0v) is 12.7. The normalized spacial score (nSPS) is 19.3. The lowest BCUT2D eigenvalue weighted by atomic mass is 9.91. The van der Waals surface area contributed by atoms with E-state index in [1.54, 1.807) is 12.1 Å². The summed E-state index contributed by atoms with van der Waals surface area (Å²) in [5, 5.41) is 12.4. The molecule has 0 aromatic carbocycles. The maximum Gasteiger partial charge on any atom is 0.335 e. The minimum atomic E-state index is -0.955. The van der Waals surface area contributed by atoms with Crippen LogP contribution in [0.5, 0.6) is 0 Å². The van der Waals surface area contributed by atoms with Crippen LogP contribution in [-0.2, 0) is 14.9 Å². The van der Waals surface area contributed by atoms with Gasteiger partial charge in [0.25, 0.3) is 0 Å². The molecular weight excluding hydrogens is 272 g/mol. The number of nitrogens with zero attached hydrogens (tertiary/aromatic N) is 1. The van der Waals surface area contributed by atoms with Crippen molar-refractivity contribution in [2.24, 2.45) is 0 Å². The number of nitrogens with one attached hydrogen (secondary N) is 1. The van der Waals surface area contributed by atoms with Crippen LogP contribution in [0.25, 0.3) is 0 Å². The maximum atomic E-state index is 11.2. The lowest BCUT2D eigenvalue weighted by molar-refractivity contribution is -0.0819. The van der Waals surface area contributed by atoms with E-state index in [2.05, 4.69) is 10.3 Å². The van der Waals surface area contributed by atoms with Gasteiger partial charge in [0.2, 0.25) is 0 Å².